The highest BCUT2D eigenvalue weighted by Crippen LogP contribution is 2.20. The number of nitrogens with zero attached hydrogens (tertiary/aromatic N) is 1. The van der Waals surface area contributed by atoms with Gasteiger partial charge in [0.25, 0.3) is 0 Å². The van der Waals surface area contributed by atoms with Crippen molar-refractivity contribution in [2.45, 2.75) is 45.7 Å². The van der Waals surface area contributed by atoms with E-state index in [1.807, 2.05) is 18.2 Å². The molecule has 2 unspecified atom stereocenters. The van der Waals surface area contributed by atoms with Crippen molar-refractivity contribution in [1.82, 2.24) is 5.32 Å². The lowest BCUT2D eigenvalue weighted by atomic mass is 9.97. The van der Waals surface area contributed by atoms with Crippen molar-refractivity contribution < 1.29 is 5.21 Å². The molecule has 0 radical (unpaired) electrons. The molecular formula is C15H25N3O. The van der Waals surface area contributed by atoms with Crippen molar-refractivity contribution >= 4 is 5.84 Å². The molecule has 0 aliphatic heterocycles. The molecule has 0 saturated carbocycles. The summed E-state index contributed by atoms with van der Waals surface area (Å²) in [7, 11) is 0. The Morgan fingerprint density at radius 1 is 1.32 bits per heavy atom. The first kappa shape index (κ1) is 15.5. The molecule has 0 bridgehead atoms. The van der Waals surface area contributed by atoms with Crippen LogP contribution in [0.2, 0.25) is 0 Å². The van der Waals surface area contributed by atoms with E-state index in [1.165, 1.54) is 0 Å². The molecular weight excluding hydrogens is 238 g/mol. The fraction of sp³-hybridized carbons (Fsp3) is 0.533. The summed E-state index contributed by atoms with van der Waals surface area (Å²) < 4.78 is 0. The van der Waals surface area contributed by atoms with Crippen LogP contribution in [0.5, 0.6) is 0 Å². The molecule has 0 saturated heterocycles. The van der Waals surface area contributed by atoms with E-state index in [0.29, 0.717) is 18.4 Å². The summed E-state index contributed by atoms with van der Waals surface area (Å²) in [6, 6.07) is 10.6. The highest BCUT2D eigenvalue weighted by molar-refractivity contribution is 5.80. The second-order valence-corrected chi connectivity index (χ2v) is 5.18. The molecule has 19 heavy (non-hydrogen) atoms. The third kappa shape index (κ3) is 4.91. The molecule has 106 valence electrons. The second kappa shape index (κ2) is 7.79. The molecule has 4 nitrogen and oxygen atoms in total. The fourth-order valence-corrected chi connectivity index (χ4v) is 2.25. The van der Waals surface area contributed by atoms with Gasteiger partial charge in [-0.1, -0.05) is 56.3 Å². The molecule has 0 aliphatic carbocycles. The van der Waals surface area contributed by atoms with Crippen LogP contribution in [0.1, 0.15) is 45.2 Å². The van der Waals surface area contributed by atoms with Gasteiger partial charge in [-0.15, -0.1) is 0 Å². The van der Waals surface area contributed by atoms with E-state index in [1.54, 1.807) is 0 Å². The van der Waals surface area contributed by atoms with E-state index >= 15 is 0 Å². The highest BCUT2D eigenvalue weighted by Gasteiger charge is 2.19. The Morgan fingerprint density at radius 2 is 1.95 bits per heavy atom. The molecule has 0 spiro atoms. The third-order valence-corrected chi connectivity index (χ3v) is 3.40. The molecule has 1 aromatic carbocycles. The van der Waals surface area contributed by atoms with E-state index in [9.17, 15) is 0 Å². The lowest BCUT2D eigenvalue weighted by Gasteiger charge is -2.27. The number of nitrogens with two attached hydrogens (primary N) is 1. The first-order chi connectivity index (χ1) is 9.08. The van der Waals surface area contributed by atoms with Crippen LogP contribution in [0.25, 0.3) is 0 Å². The average molecular weight is 263 g/mol. The first-order valence-electron chi connectivity index (χ1n) is 6.85. The largest absolute Gasteiger partial charge is 0.409 e. The molecule has 2 atom stereocenters. The molecule has 0 fully saturated rings. The number of hydrogen-bond acceptors (Lipinski definition) is 3. The van der Waals surface area contributed by atoms with Gasteiger partial charge in [-0.05, 0) is 17.9 Å². The monoisotopic (exact) mass is 263 g/mol. The Bertz CT molecular complexity index is 390. The van der Waals surface area contributed by atoms with Gasteiger partial charge in [0.1, 0.15) is 5.84 Å². The Kier molecular flexibility index (Phi) is 6.36. The van der Waals surface area contributed by atoms with Gasteiger partial charge in [0.15, 0.2) is 0 Å². The van der Waals surface area contributed by atoms with Gasteiger partial charge < -0.3 is 16.3 Å². The first-order valence-corrected chi connectivity index (χ1v) is 6.85. The lowest BCUT2D eigenvalue weighted by molar-refractivity contribution is 0.312. The minimum Gasteiger partial charge on any atom is -0.409 e. The molecule has 1 rings (SSSR count). The maximum absolute atomic E-state index is 8.77. The summed E-state index contributed by atoms with van der Waals surface area (Å²) in [6.45, 7) is 6.57. The van der Waals surface area contributed by atoms with Crippen molar-refractivity contribution in [3.8, 4) is 0 Å². The smallest absolute Gasteiger partial charge is 0.141 e. The molecule has 4 heteroatoms. The molecule has 1 aromatic rings. The Labute approximate surface area is 115 Å². The van der Waals surface area contributed by atoms with Crippen molar-refractivity contribution in [3.63, 3.8) is 0 Å². The number of rotatable bonds is 7. The van der Waals surface area contributed by atoms with Crippen molar-refractivity contribution in [2.24, 2.45) is 16.8 Å². The maximum Gasteiger partial charge on any atom is 0.141 e. The summed E-state index contributed by atoms with van der Waals surface area (Å²) in [6.07, 6.45) is 1.56. The number of hydrogen-bond donors (Lipinski definition) is 3. The van der Waals surface area contributed by atoms with Crippen LogP contribution in [0.15, 0.2) is 35.5 Å². The Balaban J connectivity index is 2.86. The number of amidine groups is 1. The predicted molar refractivity (Wildman–Crippen MR) is 79.3 cm³/mol. The van der Waals surface area contributed by atoms with E-state index in [0.717, 1.165) is 12.0 Å². The molecule has 0 aromatic heterocycles. The Morgan fingerprint density at radius 3 is 2.42 bits per heavy atom. The van der Waals surface area contributed by atoms with E-state index in [-0.39, 0.29) is 11.9 Å². The van der Waals surface area contributed by atoms with E-state index < -0.39 is 0 Å². The van der Waals surface area contributed by atoms with Crippen LogP contribution in [-0.4, -0.2) is 17.1 Å². The van der Waals surface area contributed by atoms with Gasteiger partial charge in [0.2, 0.25) is 0 Å². The average Bonchev–Trinajstić information content (AvgIpc) is 2.43. The molecule has 0 amide bonds. The van der Waals surface area contributed by atoms with Crippen LogP contribution >= 0.6 is 0 Å². The maximum atomic E-state index is 8.77. The van der Waals surface area contributed by atoms with Crippen molar-refractivity contribution in [1.29, 1.82) is 0 Å². The number of nitrogens with one attached hydrogen (secondary N) is 1. The Hall–Kier alpha value is -1.55. The SMILES string of the molecule is CCC(NC(CC(N)=NO)c1ccccc1)C(C)C. The zero-order valence-corrected chi connectivity index (χ0v) is 12.0. The second-order valence-electron chi connectivity index (χ2n) is 5.18. The van der Waals surface area contributed by atoms with Gasteiger partial charge in [-0.3, -0.25) is 0 Å². The number of oxime groups is 1. The standard InChI is InChI=1S/C15H25N3O/c1-4-13(11(2)3)17-14(10-15(16)18-19)12-8-6-5-7-9-12/h5-9,11,13-14,17,19H,4,10H2,1-3H3,(H2,16,18). The van der Waals surface area contributed by atoms with Crippen LogP contribution < -0.4 is 11.1 Å². The summed E-state index contributed by atoms with van der Waals surface area (Å²) in [5.74, 6) is 0.795. The van der Waals surface area contributed by atoms with Crippen LogP contribution in [0.4, 0.5) is 0 Å². The predicted octanol–water partition coefficient (Wildman–Crippen LogP) is 2.89. The lowest BCUT2D eigenvalue weighted by Crippen LogP contribution is -2.38. The topological polar surface area (TPSA) is 70.6 Å². The summed E-state index contributed by atoms with van der Waals surface area (Å²) in [5.41, 5.74) is 6.82. The normalized spacial score (nSPS) is 15.5. The zero-order chi connectivity index (χ0) is 14.3. The fourth-order valence-electron chi connectivity index (χ4n) is 2.25. The van der Waals surface area contributed by atoms with Crippen molar-refractivity contribution in [3.05, 3.63) is 35.9 Å². The van der Waals surface area contributed by atoms with Crippen molar-refractivity contribution in [2.75, 3.05) is 0 Å². The van der Waals surface area contributed by atoms with Gasteiger partial charge in [0, 0.05) is 18.5 Å². The summed E-state index contributed by atoms with van der Waals surface area (Å²) >= 11 is 0. The molecule has 0 aliphatic rings. The minimum absolute atomic E-state index is 0.0736. The molecule has 0 heterocycles. The summed E-state index contributed by atoms with van der Waals surface area (Å²) in [4.78, 5) is 0. The van der Waals surface area contributed by atoms with E-state index in [2.05, 4.69) is 43.4 Å². The third-order valence-electron chi connectivity index (χ3n) is 3.40. The van der Waals surface area contributed by atoms with Crippen LogP contribution in [0, 0.1) is 5.92 Å². The summed E-state index contributed by atoms with van der Waals surface area (Å²) in [5, 5.41) is 15.5. The number of benzene rings is 1. The van der Waals surface area contributed by atoms with Gasteiger partial charge >= 0.3 is 0 Å². The molecule has 4 N–H and O–H groups in total. The quantitative estimate of drug-likeness (QED) is 0.306. The minimum atomic E-state index is 0.0736. The highest BCUT2D eigenvalue weighted by atomic mass is 16.4. The van der Waals surface area contributed by atoms with Crippen LogP contribution in [-0.2, 0) is 0 Å². The van der Waals surface area contributed by atoms with E-state index in [4.69, 9.17) is 10.9 Å². The van der Waals surface area contributed by atoms with Gasteiger partial charge in [-0.25, -0.2) is 0 Å². The van der Waals surface area contributed by atoms with Gasteiger partial charge in [0.05, 0.1) is 0 Å². The van der Waals surface area contributed by atoms with Crippen LogP contribution in [0.3, 0.4) is 0 Å². The zero-order valence-electron chi connectivity index (χ0n) is 12.0. The van der Waals surface area contributed by atoms with Gasteiger partial charge in [-0.2, -0.15) is 0 Å².